The van der Waals surface area contributed by atoms with Crippen molar-refractivity contribution in [3.8, 4) is 0 Å². The molecule has 0 aliphatic rings. The Morgan fingerprint density at radius 2 is 2.29 bits per heavy atom. The highest BCUT2D eigenvalue weighted by molar-refractivity contribution is 7.13. The maximum Gasteiger partial charge on any atom is 0.347 e. The van der Waals surface area contributed by atoms with Crippen molar-refractivity contribution in [3.05, 3.63) is 28.2 Å². The summed E-state index contributed by atoms with van der Waals surface area (Å²) in [5.74, 6) is -1.09. The molecule has 0 spiro atoms. The number of hydrogen-bond donors (Lipinski definition) is 2. The highest BCUT2D eigenvalue weighted by Gasteiger charge is 2.18. The lowest BCUT2D eigenvalue weighted by atomic mass is 10.2. The predicted molar refractivity (Wildman–Crippen MR) is 80.6 cm³/mol. The molecule has 1 amide bonds. The summed E-state index contributed by atoms with van der Waals surface area (Å²) < 4.78 is 5.19. The van der Waals surface area contributed by atoms with Crippen molar-refractivity contribution in [1.29, 1.82) is 0 Å². The number of nitrogens with zero attached hydrogens (tertiary/aromatic N) is 1. The maximum absolute atomic E-state index is 11.8. The van der Waals surface area contributed by atoms with Gasteiger partial charge in [0.15, 0.2) is 0 Å². The molecular weight excluding hydrogens is 292 g/mol. The highest BCUT2D eigenvalue weighted by Crippen LogP contribution is 2.23. The number of amides is 1. The maximum atomic E-state index is 11.8. The Labute approximate surface area is 127 Å². The molecule has 21 heavy (non-hydrogen) atoms. The van der Waals surface area contributed by atoms with Gasteiger partial charge in [-0.2, -0.15) is 0 Å². The minimum absolute atomic E-state index is 0.102. The fourth-order valence-electron chi connectivity index (χ4n) is 1.68. The molecule has 0 bridgehead atoms. The monoisotopic (exact) mass is 312 g/mol. The first-order valence-corrected chi connectivity index (χ1v) is 7.46. The Morgan fingerprint density at radius 3 is 2.86 bits per heavy atom. The van der Waals surface area contributed by atoms with E-state index in [9.17, 15) is 9.59 Å². The molecule has 1 aromatic heterocycles. The van der Waals surface area contributed by atoms with E-state index in [0.717, 1.165) is 11.3 Å². The fraction of sp³-hybridized carbons (Fsp3) is 0.500. The standard InChI is InChI=1S/C14H20N2O4S/c1-4-7-20-8-5-6-11(17)15-10(3)13-16-9(2)12(21-13)14(18)19/h4,10H,1,5-8H2,2-3H3,(H,15,17)(H,18,19). The summed E-state index contributed by atoms with van der Waals surface area (Å²) in [7, 11) is 0. The van der Waals surface area contributed by atoms with Gasteiger partial charge in [-0.25, -0.2) is 9.78 Å². The Balaban J connectivity index is 2.43. The first-order chi connectivity index (χ1) is 9.95. The summed E-state index contributed by atoms with van der Waals surface area (Å²) in [5, 5.41) is 12.4. The first kappa shape index (κ1) is 17.3. The van der Waals surface area contributed by atoms with Crippen molar-refractivity contribution in [2.45, 2.75) is 32.7 Å². The van der Waals surface area contributed by atoms with E-state index in [2.05, 4.69) is 16.9 Å². The van der Waals surface area contributed by atoms with Crippen LogP contribution < -0.4 is 5.32 Å². The molecule has 7 heteroatoms. The number of ether oxygens (including phenoxy) is 1. The SMILES string of the molecule is C=CCOCCCC(=O)NC(C)c1nc(C)c(C(=O)O)s1. The zero-order valence-corrected chi connectivity index (χ0v) is 13.0. The number of nitrogens with one attached hydrogen (secondary N) is 1. The molecule has 0 radical (unpaired) electrons. The third kappa shape index (κ3) is 5.65. The lowest BCUT2D eigenvalue weighted by molar-refractivity contribution is -0.122. The van der Waals surface area contributed by atoms with E-state index in [4.69, 9.17) is 9.84 Å². The topological polar surface area (TPSA) is 88.5 Å². The molecule has 6 nitrogen and oxygen atoms in total. The van der Waals surface area contributed by atoms with Crippen LogP contribution in [0.15, 0.2) is 12.7 Å². The summed E-state index contributed by atoms with van der Waals surface area (Å²) in [6.45, 7) is 7.96. The number of aromatic carboxylic acids is 1. The van der Waals surface area contributed by atoms with E-state index >= 15 is 0 Å². The number of aryl methyl sites for hydroxylation is 1. The molecule has 2 N–H and O–H groups in total. The van der Waals surface area contributed by atoms with Gasteiger partial charge < -0.3 is 15.2 Å². The summed E-state index contributed by atoms with van der Waals surface area (Å²) in [5.41, 5.74) is 0.474. The average Bonchev–Trinajstić information content (AvgIpc) is 2.81. The van der Waals surface area contributed by atoms with Crippen LogP contribution in [0.5, 0.6) is 0 Å². The highest BCUT2D eigenvalue weighted by atomic mass is 32.1. The van der Waals surface area contributed by atoms with Gasteiger partial charge in [0.05, 0.1) is 18.3 Å². The molecule has 0 aliphatic carbocycles. The molecule has 1 unspecified atom stereocenters. The van der Waals surface area contributed by atoms with Gasteiger partial charge in [0, 0.05) is 13.0 Å². The van der Waals surface area contributed by atoms with E-state index in [1.807, 2.05) is 0 Å². The molecular formula is C14H20N2O4S. The van der Waals surface area contributed by atoms with Crippen molar-refractivity contribution in [2.24, 2.45) is 0 Å². The number of rotatable bonds is 9. The molecule has 0 saturated carbocycles. The van der Waals surface area contributed by atoms with Crippen LogP contribution in [0.1, 0.15) is 46.2 Å². The lowest BCUT2D eigenvalue weighted by Crippen LogP contribution is -2.26. The van der Waals surface area contributed by atoms with Crippen molar-refractivity contribution >= 4 is 23.2 Å². The molecule has 1 atom stereocenters. The van der Waals surface area contributed by atoms with Crippen molar-refractivity contribution in [3.63, 3.8) is 0 Å². The second-order valence-corrected chi connectivity index (χ2v) is 5.56. The molecule has 0 aromatic carbocycles. The zero-order valence-electron chi connectivity index (χ0n) is 12.2. The summed E-state index contributed by atoms with van der Waals surface area (Å²) in [4.78, 5) is 27.1. The minimum Gasteiger partial charge on any atom is -0.477 e. The van der Waals surface area contributed by atoms with Crippen LogP contribution in [0.2, 0.25) is 0 Å². The van der Waals surface area contributed by atoms with Crippen LogP contribution >= 0.6 is 11.3 Å². The summed E-state index contributed by atoms with van der Waals surface area (Å²) in [6.07, 6.45) is 2.65. The van der Waals surface area contributed by atoms with E-state index < -0.39 is 5.97 Å². The van der Waals surface area contributed by atoms with Gasteiger partial charge in [0.2, 0.25) is 5.91 Å². The van der Waals surface area contributed by atoms with Gasteiger partial charge in [-0.3, -0.25) is 4.79 Å². The molecule has 116 valence electrons. The molecule has 0 saturated heterocycles. The smallest absolute Gasteiger partial charge is 0.347 e. The van der Waals surface area contributed by atoms with Crippen LogP contribution in [-0.4, -0.2) is 35.2 Å². The van der Waals surface area contributed by atoms with Gasteiger partial charge in [0.25, 0.3) is 0 Å². The van der Waals surface area contributed by atoms with E-state index in [-0.39, 0.29) is 16.8 Å². The minimum atomic E-state index is -0.992. The van der Waals surface area contributed by atoms with Crippen LogP contribution in [0, 0.1) is 6.92 Å². The quantitative estimate of drug-likeness (QED) is 0.539. The van der Waals surface area contributed by atoms with E-state index in [0.29, 0.717) is 36.8 Å². The molecule has 1 aromatic rings. The van der Waals surface area contributed by atoms with Crippen molar-refractivity contribution in [1.82, 2.24) is 10.3 Å². The third-order valence-electron chi connectivity index (χ3n) is 2.68. The summed E-state index contributed by atoms with van der Waals surface area (Å²) >= 11 is 1.09. The molecule has 1 rings (SSSR count). The number of carboxylic acid groups (broad SMARTS) is 1. The van der Waals surface area contributed by atoms with Gasteiger partial charge in [-0.05, 0) is 20.3 Å². The molecule has 0 aliphatic heterocycles. The number of hydrogen-bond acceptors (Lipinski definition) is 5. The summed E-state index contributed by atoms with van der Waals surface area (Å²) in [6, 6.07) is -0.302. The number of aromatic nitrogens is 1. The van der Waals surface area contributed by atoms with E-state index in [1.165, 1.54) is 0 Å². The van der Waals surface area contributed by atoms with E-state index in [1.54, 1.807) is 19.9 Å². The zero-order chi connectivity index (χ0) is 15.8. The van der Waals surface area contributed by atoms with Crippen molar-refractivity contribution < 1.29 is 19.4 Å². The van der Waals surface area contributed by atoms with Gasteiger partial charge in [-0.15, -0.1) is 17.9 Å². The second kappa shape index (κ2) is 8.53. The van der Waals surface area contributed by atoms with Crippen LogP contribution in [-0.2, 0) is 9.53 Å². The average molecular weight is 312 g/mol. The largest absolute Gasteiger partial charge is 0.477 e. The normalized spacial score (nSPS) is 11.9. The Morgan fingerprint density at radius 1 is 1.57 bits per heavy atom. The number of carboxylic acids is 1. The second-order valence-electron chi connectivity index (χ2n) is 4.53. The van der Waals surface area contributed by atoms with Gasteiger partial charge >= 0.3 is 5.97 Å². The number of thiazole rings is 1. The number of carbonyl (C=O) groups excluding carboxylic acids is 1. The molecule has 1 heterocycles. The van der Waals surface area contributed by atoms with Crippen LogP contribution in [0.3, 0.4) is 0 Å². The number of carbonyl (C=O) groups is 2. The molecule has 0 fully saturated rings. The Hall–Kier alpha value is -1.73. The van der Waals surface area contributed by atoms with Gasteiger partial charge in [0.1, 0.15) is 9.88 Å². The van der Waals surface area contributed by atoms with Crippen LogP contribution in [0.4, 0.5) is 0 Å². The lowest BCUT2D eigenvalue weighted by Gasteiger charge is -2.11. The van der Waals surface area contributed by atoms with Crippen molar-refractivity contribution in [2.75, 3.05) is 13.2 Å². The third-order valence-corrected chi connectivity index (χ3v) is 4.01. The Bertz CT molecular complexity index is 513. The fourth-order valence-corrected chi connectivity index (χ4v) is 2.59. The van der Waals surface area contributed by atoms with Crippen LogP contribution in [0.25, 0.3) is 0 Å². The predicted octanol–water partition coefficient (Wildman–Crippen LogP) is 2.31. The first-order valence-electron chi connectivity index (χ1n) is 6.64. The Kier molecular flexibility index (Phi) is 7.04. The van der Waals surface area contributed by atoms with Gasteiger partial charge in [-0.1, -0.05) is 6.08 Å².